The second-order valence-electron chi connectivity index (χ2n) is 0. The van der Waals surface area contributed by atoms with Gasteiger partial charge in [-0.15, -0.1) is 0 Å². The minimum absolute atomic E-state index is 0. The average Bonchev–Trinajstić information content (AvgIpc) is 0. The van der Waals surface area contributed by atoms with Crippen molar-refractivity contribution >= 4 is 17.1 Å². The predicted molar refractivity (Wildman–Crippen MR) is 23.8 cm³/mol. The molecule has 0 aliphatic heterocycles. The Bertz CT molecular complexity index is 8.04. The van der Waals surface area contributed by atoms with Crippen LogP contribution in [0.3, 0.4) is 0 Å². The van der Waals surface area contributed by atoms with Gasteiger partial charge in [0.15, 0.2) is 0 Å². The summed E-state index contributed by atoms with van der Waals surface area (Å²) in [6, 6.07) is 0. The summed E-state index contributed by atoms with van der Waals surface area (Å²) in [6.07, 6.45) is 0. The van der Waals surface area contributed by atoms with Crippen molar-refractivity contribution in [2.75, 3.05) is 0 Å². The van der Waals surface area contributed by atoms with E-state index in [2.05, 4.69) is 0 Å². The van der Waals surface area contributed by atoms with Gasteiger partial charge < -0.3 is 44.4 Å². The van der Waals surface area contributed by atoms with Gasteiger partial charge in [0.1, 0.15) is 0 Å². The van der Waals surface area contributed by atoms with Crippen LogP contribution in [-0.2, 0) is 17.1 Å². The average molecular weight is 233 g/mol. The van der Waals surface area contributed by atoms with Crippen LogP contribution in [0.25, 0.3) is 0 Å². The van der Waals surface area contributed by atoms with Crippen molar-refractivity contribution in [2.45, 2.75) is 0 Å². The smallest absolute Gasteiger partial charge is 2.00 e. The molecule has 0 saturated heterocycles. The van der Waals surface area contributed by atoms with Crippen LogP contribution in [0.2, 0.25) is 0 Å². The number of hydrogen-bond donors (Lipinski definition) is 0. The fourth-order valence-corrected chi connectivity index (χ4v) is 0. The topological polar surface area (TPSA) is 158 Å². The van der Waals surface area contributed by atoms with E-state index in [1.165, 1.54) is 0 Å². The van der Waals surface area contributed by atoms with E-state index in [1.54, 1.807) is 0 Å². The quantitative estimate of drug-likeness (QED) is 0.369. The molecular formula is H10CuO5Se. The summed E-state index contributed by atoms with van der Waals surface area (Å²) >= 11 is 0. The Kier molecular flexibility index (Phi) is 24700. The summed E-state index contributed by atoms with van der Waals surface area (Å²) in [5.74, 6) is 0. The summed E-state index contributed by atoms with van der Waals surface area (Å²) in [7, 11) is 0. The molecule has 0 aromatic carbocycles. The summed E-state index contributed by atoms with van der Waals surface area (Å²) in [5, 5.41) is 0. The number of hydrogen-bond acceptors (Lipinski definition) is 0. The third kappa shape index (κ3) is 228. The molecular weight excluding hydrogens is 223 g/mol. The zero-order chi connectivity index (χ0) is 0. The van der Waals surface area contributed by atoms with E-state index in [0.717, 1.165) is 0 Å². The Morgan fingerprint density at radius 1 is 0.429 bits per heavy atom. The fourth-order valence-electron chi connectivity index (χ4n) is 0. The zero-order valence-electron chi connectivity index (χ0n) is 3.21. The molecule has 57 valence electrons. The van der Waals surface area contributed by atoms with Crippen LogP contribution in [-0.4, -0.2) is 44.4 Å². The van der Waals surface area contributed by atoms with E-state index < -0.39 is 0 Å². The van der Waals surface area contributed by atoms with Gasteiger partial charge in [0.2, 0.25) is 0 Å². The van der Waals surface area contributed by atoms with Crippen LogP contribution in [0.15, 0.2) is 0 Å². The van der Waals surface area contributed by atoms with E-state index in [0.29, 0.717) is 0 Å². The van der Waals surface area contributed by atoms with Crippen LogP contribution in [0.4, 0.5) is 0 Å². The van der Waals surface area contributed by atoms with Crippen molar-refractivity contribution in [2.24, 2.45) is 0 Å². The minimum Gasteiger partial charge on any atom is -2.00 e. The first-order chi connectivity index (χ1) is 0. The zero-order valence-corrected chi connectivity index (χ0v) is 5.86. The molecule has 0 fully saturated rings. The van der Waals surface area contributed by atoms with Crippen molar-refractivity contribution in [3.8, 4) is 0 Å². The van der Waals surface area contributed by atoms with Crippen LogP contribution in [0.1, 0.15) is 0 Å². The third-order valence-corrected chi connectivity index (χ3v) is 0. The largest absolute Gasteiger partial charge is 2.00 e. The van der Waals surface area contributed by atoms with Gasteiger partial charge in [0.05, 0.1) is 0 Å². The fraction of sp³-hybridized carbons (Fsp3) is 0. The first kappa shape index (κ1) is 521. The molecule has 7 heavy (non-hydrogen) atoms. The van der Waals surface area contributed by atoms with Crippen LogP contribution in [0, 0.1) is 0 Å². The van der Waals surface area contributed by atoms with Crippen LogP contribution in [0.5, 0.6) is 0 Å². The first-order valence-corrected chi connectivity index (χ1v) is 0. The van der Waals surface area contributed by atoms with Gasteiger partial charge in [0.25, 0.3) is 0 Å². The van der Waals surface area contributed by atoms with E-state index in [9.17, 15) is 0 Å². The summed E-state index contributed by atoms with van der Waals surface area (Å²) in [5.41, 5.74) is 0. The maximum atomic E-state index is 0. The van der Waals surface area contributed by atoms with E-state index >= 15 is 0 Å². The molecule has 0 rings (SSSR count). The Hall–Kier alpha value is 0.839. The summed E-state index contributed by atoms with van der Waals surface area (Å²) in [6.45, 7) is 0. The van der Waals surface area contributed by atoms with Gasteiger partial charge in [-0.05, 0) is 0 Å². The Morgan fingerprint density at radius 3 is 0.429 bits per heavy atom. The van der Waals surface area contributed by atoms with E-state index in [1.807, 2.05) is 0 Å². The van der Waals surface area contributed by atoms with Crippen LogP contribution >= 0.6 is 0 Å². The van der Waals surface area contributed by atoms with Crippen LogP contribution < -0.4 is 0 Å². The molecule has 7 heteroatoms. The van der Waals surface area contributed by atoms with Crippen molar-refractivity contribution in [3.63, 3.8) is 0 Å². The van der Waals surface area contributed by atoms with Gasteiger partial charge >= 0.3 is 17.1 Å². The molecule has 0 heterocycles. The maximum Gasteiger partial charge on any atom is 2.00 e. The molecule has 0 unspecified atom stereocenters. The predicted octanol–water partition coefficient (Wildman–Crippen LogP) is -4.51. The van der Waals surface area contributed by atoms with Crippen molar-refractivity contribution in [1.82, 2.24) is 0 Å². The molecule has 0 aliphatic carbocycles. The second-order valence-corrected chi connectivity index (χ2v) is 0. The molecule has 0 amide bonds. The molecule has 0 aromatic rings. The second kappa shape index (κ2) is 331. The van der Waals surface area contributed by atoms with Gasteiger partial charge in [0, 0.05) is 0 Å². The SMILES string of the molecule is O.O.O.O.O.[Cu+2].[Se-2]. The maximum absolute atomic E-state index is 0. The molecule has 5 nitrogen and oxygen atoms in total. The molecule has 0 atom stereocenters. The molecule has 1 radical (unpaired) electrons. The minimum atomic E-state index is 0. The Morgan fingerprint density at radius 2 is 0.429 bits per heavy atom. The first-order valence-electron chi connectivity index (χ1n) is 0. The van der Waals surface area contributed by atoms with Crippen molar-refractivity contribution in [1.29, 1.82) is 0 Å². The van der Waals surface area contributed by atoms with Crippen molar-refractivity contribution in [3.05, 3.63) is 0 Å². The third-order valence-electron chi connectivity index (χ3n) is 0. The normalized spacial score (nSPS) is 0. The number of rotatable bonds is 0. The van der Waals surface area contributed by atoms with E-state index in [-0.39, 0.29) is 61.5 Å². The molecule has 0 spiro atoms. The van der Waals surface area contributed by atoms with E-state index in [4.69, 9.17) is 0 Å². The molecule has 0 aliphatic rings. The van der Waals surface area contributed by atoms with Gasteiger partial charge in [-0.3, -0.25) is 0 Å². The van der Waals surface area contributed by atoms with Gasteiger partial charge in [-0.2, -0.15) is 0 Å². The monoisotopic (exact) mass is 233 g/mol. The molecule has 0 bridgehead atoms. The Labute approximate surface area is 62.0 Å². The standard InChI is InChI=1S/Cu.5H2O.Se/h;5*1H2;/q+2;;;;;;-2. The summed E-state index contributed by atoms with van der Waals surface area (Å²) < 4.78 is 0. The summed E-state index contributed by atoms with van der Waals surface area (Å²) in [4.78, 5) is 0. The van der Waals surface area contributed by atoms with Gasteiger partial charge in [-0.25, -0.2) is 0 Å². The van der Waals surface area contributed by atoms with Gasteiger partial charge in [-0.1, -0.05) is 0 Å². The Balaban J connectivity index is 0. The molecule has 0 aromatic heterocycles. The molecule has 10 N–H and O–H groups in total. The molecule has 0 saturated carbocycles. The van der Waals surface area contributed by atoms with Crippen molar-refractivity contribution < 1.29 is 44.4 Å².